The third kappa shape index (κ3) is 5.92. The number of benzene rings is 1. The summed E-state index contributed by atoms with van der Waals surface area (Å²) in [5, 5.41) is 0. The van der Waals surface area contributed by atoms with Crippen LogP contribution in [0, 0.1) is 5.92 Å². The fourth-order valence-electron chi connectivity index (χ4n) is 3.44. The summed E-state index contributed by atoms with van der Waals surface area (Å²) in [4.78, 5) is 46.4. The van der Waals surface area contributed by atoms with Gasteiger partial charge in [-0.2, -0.15) is 0 Å². The lowest BCUT2D eigenvalue weighted by molar-refractivity contribution is 0.0985. The number of ether oxygens (including phenoxy) is 1. The summed E-state index contributed by atoms with van der Waals surface area (Å²) in [5.74, 6) is 1.02. The molecule has 9 nitrogen and oxygen atoms in total. The highest BCUT2D eigenvalue weighted by Gasteiger charge is 2.25. The van der Waals surface area contributed by atoms with E-state index in [1.54, 1.807) is 48.8 Å². The van der Waals surface area contributed by atoms with Crippen molar-refractivity contribution < 1.29 is 9.53 Å². The molecule has 0 bridgehead atoms. The number of nitrogens with two attached hydrogens (primary N) is 1. The standard InChI is InChI=1S/C25H31N5O4/c1-4-5-14-30-22(26)21(23(31)28-25(30)33)29(15-12-17(2)3)24(32)18-8-10-19(11-9-18)34-20-7-6-13-27-16-20/h6-11,13,16-17H,4-5,12,14-15,26H2,1-3H3,(H,28,31,33). The molecule has 3 aromatic rings. The maximum atomic E-state index is 13.5. The summed E-state index contributed by atoms with van der Waals surface area (Å²) < 4.78 is 7.06. The predicted octanol–water partition coefficient (Wildman–Crippen LogP) is 3.80. The minimum atomic E-state index is -0.677. The molecule has 0 aliphatic heterocycles. The average molecular weight is 466 g/mol. The van der Waals surface area contributed by atoms with Gasteiger partial charge in [-0.15, -0.1) is 0 Å². The number of aromatic nitrogens is 3. The van der Waals surface area contributed by atoms with Crippen molar-refractivity contribution in [2.24, 2.45) is 5.92 Å². The smallest absolute Gasteiger partial charge is 0.330 e. The van der Waals surface area contributed by atoms with Gasteiger partial charge in [0.1, 0.15) is 17.3 Å². The zero-order chi connectivity index (χ0) is 24.7. The second-order valence-electron chi connectivity index (χ2n) is 8.45. The lowest BCUT2D eigenvalue weighted by Crippen LogP contribution is -2.42. The first-order valence-corrected chi connectivity index (χ1v) is 11.4. The normalized spacial score (nSPS) is 10.9. The molecule has 0 fully saturated rings. The second kappa shape index (κ2) is 11.3. The predicted molar refractivity (Wildman–Crippen MR) is 133 cm³/mol. The van der Waals surface area contributed by atoms with Crippen molar-refractivity contribution in [3.63, 3.8) is 0 Å². The van der Waals surface area contributed by atoms with Gasteiger partial charge in [0.2, 0.25) is 0 Å². The van der Waals surface area contributed by atoms with E-state index in [1.807, 2.05) is 20.8 Å². The van der Waals surface area contributed by atoms with Gasteiger partial charge in [0.05, 0.1) is 6.20 Å². The van der Waals surface area contributed by atoms with E-state index in [0.717, 1.165) is 6.42 Å². The maximum absolute atomic E-state index is 13.5. The number of hydrogen-bond acceptors (Lipinski definition) is 6. The number of nitrogen functional groups attached to an aromatic ring is 1. The Morgan fingerprint density at radius 3 is 2.53 bits per heavy atom. The van der Waals surface area contributed by atoms with Crippen LogP contribution in [0.4, 0.5) is 11.5 Å². The first-order valence-electron chi connectivity index (χ1n) is 11.4. The quantitative estimate of drug-likeness (QED) is 0.469. The van der Waals surface area contributed by atoms with Gasteiger partial charge in [0.15, 0.2) is 5.69 Å². The number of pyridine rings is 1. The van der Waals surface area contributed by atoms with Crippen molar-refractivity contribution >= 4 is 17.4 Å². The van der Waals surface area contributed by atoms with Gasteiger partial charge >= 0.3 is 5.69 Å². The van der Waals surface area contributed by atoms with Gasteiger partial charge in [-0.1, -0.05) is 27.2 Å². The summed E-state index contributed by atoms with van der Waals surface area (Å²) in [6.45, 7) is 6.70. The second-order valence-corrected chi connectivity index (χ2v) is 8.45. The molecule has 0 saturated heterocycles. The lowest BCUT2D eigenvalue weighted by Gasteiger charge is -2.25. The van der Waals surface area contributed by atoms with E-state index < -0.39 is 11.2 Å². The molecule has 1 amide bonds. The third-order valence-corrected chi connectivity index (χ3v) is 5.37. The number of unbranched alkanes of at least 4 members (excludes halogenated alkanes) is 1. The monoisotopic (exact) mass is 465 g/mol. The molecule has 34 heavy (non-hydrogen) atoms. The molecular weight excluding hydrogens is 434 g/mol. The van der Waals surface area contributed by atoms with Gasteiger partial charge in [-0.05, 0) is 55.2 Å². The summed E-state index contributed by atoms with van der Waals surface area (Å²) in [6, 6.07) is 10.2. The Kier molecular flexibility index (Phi) is 8.24. The Bertz CT molecular complexity index is 1220. The average Bonchev–Trinajstić information content (AvgIpc) is 2.81. The van der Waals surface area contributed by atoms with E-state index in [2.05, 4.69) is 9.97 Å². The summed E-state index contributed by atoms with van der Waals surface area (Å²) in [5.41, 5.74) is 5.39. The van der Waals surface area contributed by atoms with Gasteiger partial charge < -0.3 is 15.4 Å². The number of amides is 1. The van der Waals surface area contributed by atoms with Crippen LogP contribution >= 0.6 is 0 Å². The number of nitrogens with zero attached hydrogens (tertiary/aromatic N) is 3. The maximum Gasteiger partial charge on any atom is 0.330 e. The number of nitrogens with one attached hydrogen (secondary N) is 1. The largest absolute Gasteiger partial charge is 0.456 e. The Morgan fingerprint density at radius 2 is 1.91 bits per heavy atom. The number of carbonyl (C=O) groups excluding carboxylic acids is 1. The highest BCUT2D eigenvalue weighted by molar-refractivity contribution is 6.07. The number of rotatable bonds is 10. The molecule has 0 atom stereocenters. The Morgan fingerprint density at radius 1 is 1.18 bits per heavy atom. The topological polar surface area (TPSA) is 123 Å². The van der Waals surface area contributed by atoms with Crippen molar-refractivity contribution in [2.75, 3.05) is 17.2 Å². The van der Waals surface area contributed by atoms with Crippen LogP contribution in [0.5, 0.6) is 11.5 Å². The van der Waals surface area contributed by atoms with E-state index >= 15 is 0 Å². The summed E-state index contributed by atoms with van der Waals surface area (Å²) in [6.07, 6.45) is 5.47. The lowest BCUT2D eigenvalue weighted by atomic mass is 10.1. The molecule has 0 spiro atoms. The first kappa shape index (κ1) is 24.8. The van der Waals surface area contributed by atoms with Gasteiger partial charge in [-0.3, -0.25) is 24.1 Å². The van der Waals surface area contributed by atoms with E-state index in [4.69, 9.17) is 10.5 Å². The highest BCUT2D eigenvalue weighted by atomic mass is 16.5. The zero-order valence-electron chi connectivity index (χ0n) is 19.8. The van der Waals surface area contributed by atoms with Crippen molar-refractivity contribution in [3.8, 4) is 11.5 Å². The first-order chi connectivity index (χ1) is 16.3. The van der Waals surface area contributed by atoms with Crippen LogP contribution in [-0.2, 0) is 6.54 Å². The molecule has 3 N–H and O–H groups in total. The summed E-state index contributed by atoms with van der Waals surface area (Å²) >= 11 is 0. The molecule has 0 unspecified atom stereocenters. The Balaban J connectivity index is 1.95. The Labute approximate surface area is 198 Å². The molecule has 9 heteroatoms. The van der Waals surface area contributed by atoms with E-state index in [-0.39, 0.29) is 29.9 Å². The van der Waals surface area contributed by atoms with Crippen LogP contribution in [0.1, 0.15) is 50.4 Å². The fourth-order valence-corrected chi connectivity index (χ4v) is 3.44. The van der Waals surface area contributed by atoms with Gasteiger partial charge in [0, 0.05) is 24.8 Å². The number of anilines is 2. The molecule has 3 rings (SSSR count). The zero-order valence-corrected chi connectivity index (χ0v) is 19.8. The SMILES string of the molecule is CCCCn1c(N)c(N(CCC(C)C)C(=O)c2ccc(Oc3cccnc3)cc2)c(=O)[nH]c1=O. The molecule has 0 saturated carbocycles. The van der Waals surface area contributed by atoms with Crippen LogP contribution in [0.2, 0.25) is 0 Å². The van der Waals surface area contributed by atoms with Crippen molar-refractivity contribution in [2.45, 2.75) is 46.6 Å². The molecule has 0 radical (unpaired) electrons. The minimum Gasteiger partial charge on any atom is -0.456 e. The van der Waals surface area contributed by atoms with Crippen LogP contribution in [0.25, 0.3) is 0 Å². The van der Waals surface area contributed by atoms with E-state index in [9.17, 15) is 14.4 Å². The molecular formula is C25H31N5O4. The third-order valence-electron chi connectivity index (χ3n) is 5.37. The number of aromatic amines is 1. The molecule has 0 aliphatic rings. The molecule has 2 heterocycles. The molecule has 180 valence electrons. The number of H-pyrrole nitrogens is 1. The molecule has 0 aliphatic carbocycles. The molecule has 2 aromatic heterocycles. The minimum absolute atomic E-state index is 0.00274. The number of carbonyl (C=O) groups is 1. The molecule has 1 aromatic carbocycles. The van der Waals surface area contributed by atoms with Crippen molar-refractivity contribution in [1.82, 2.24) is 14.5 Å². The van der Waals surface area contributed by atoms with Crippen LogP contribution in [0.15, 0.2) is 58.4 Å². The summed E-state index contributed by atoms with van der Waals surface area (Å²) in [7, 11) is 0. The Hall–Kier alpha value is -3.88. The highest BCUT2D eigenvalue weighted by Crippen LogP contribution is 2.24. The van der Waals surface area contributed by atoms with Gasteiger partial charge in [0.25, 0.3) is 11.5 Å². The number of hydrogen-bond donors (Lipinski definition) is 2. The van der Waals surface area contributed by atoms with Crippen molar-refractivity contribution in [1.29, 1.82) is 0 Å². The fraction of sp³-hybridized carbons (Fsp3) is 0.360. The van der Waals surface area contributed by atoms with E-state index in [0.29, 0.717) is 36.4 Å². The van der Waals surface area contributed by atoms with E-state index in [1.165, 1.54) is 9.47 Å². The van der Waals surface area contributed by atoms with Crippen LogP contribution < -0.4 is 26.6 Å². The van der Waals surface area contributed by atoms with Crippen LogP contribution in [0.3, 0.4) is 0 Å². The van der Waals surface area contributed by atoms with Gasteiger partial charge in [-0.25, -0.2) is 4.79 Å². The van der Waals surface area contributed by atoms with Crippen molar-refractivity contribution in [3.05, 3.63) is 75.2 Å². The van der Waals surface area contributed by atoms with Crippen LogP contribution in [-0.4, -0.2) is 27.0 Å².